The lowest BCUT2D eigenvalue weighted by atomic mass is 10.1. The van der Waals surface area contributed by atoms with Crippen LogP contribution in [0, 0.1) is 5.92 Å². The molecule has 0 aromatic heterocycles. The predicted molar refractivity (Wildman–Crippen MR) is 69.7 cm³/mol. The minimum Gasteiger partial charge on any atom is -0.398 e. The lowest BCUT2D eigenvalue weighted by Crippen LogP contribution is -2.29. The van der Waals surface area contributed by atoms with Gasteiger partial charge in [-0.05, 0) is 24.6 Å². The molecule has 0 radical (unpaired) electrons. The van der Waals surface area contributed by atoms with E-state index in [1.54, 1.807) is 17.0 Å². The number of hydrogen-bond acceptors (Lipinski definition) is 3. The minimum atomic E-state index is -0.0558. The van der Waals surface area contributed by atoms with Gasteiger partial charge in [0.1, 0.15) is 0 Å². The first-order chi connectivity index (χ1) is 8.11. The van der Waals surface area contributed by atoms with E-state index in [2.05, 4.69) is 15.9 Å². The number of aliphatic hydroxyl groups excluding tert-OH is 1. The van der Waals surface area contributed by atoms with Gasteiger partial charge < -0.3 is 15.7 Å². The van der Waals surface area contributed by atoms with E-state index >= 15 is 0 Å². The fraction of sp³-hybridized carbons (Fsp3) is 0.417. The van der Waals surface area contributed by atoms with Crippen LogP contribution in [0.1, 0.15) is 16.8 Å². The lowest BCUT2D eigenvalue weighted by Gasteiger charge is -2.17. The zero-order valence-corrected chi connectivity index (χ0v) is 11.0. The van der Waals surface area contributed by atoms with Crippen molar-refractivity contribution in [1.82, 2.24) is 4.90 Å². The number of halogens is 1. The Labute approximate surface area is 109 Å². The van der Waals surface area contributed by atoms with Gasteiger partial charge in [-0.1, -0.05) is 15.9 Å². The standard InChI is InChI=1S/C12H15BrN2O2/c13-9-1-2-11(14)10(5-9)12(17)15-4-3-8(6-15)7-16/h1-2,5,8,16H,3-4,6-7,14H2. The van der Waals surface area contributed by atoms with E-state index < -0.39 is 0 Å². The number of nitrogen functional groups attached to an aromatic ring is 1. The fourth-order valence-corrected chi connectivity index (χ4v) is 2.41. The minimum absolute atomic E-state index is 0.0558. The second-order valence-corrected chi connectivity index (χ2v) is 5.24. The highest BCUT2D eigenvalue weighted by Crippen LogP contribution is 2.23. The zero-order valence-electron chi connectivity index (χ0n) is 9.40. The van der Waals surface area contributed by atoms with Crippen LogP contribution in [0.3, 0.4) is 0 Å². The van der Waals surface area contributed by atoms with Crippen molar-refractivity contribution in [1.29, 1.82) is 0 Å². The van der Waals surface area contributed by atoms with Crippen molar-refractivity contribution in [3.05, 3.63) is 28.2 Å². The number of carbonyl (C=O) groups is 1. The molecule has 1 aliphatic rings. The summed E-state index contributed by atoms with van der Waals surface area (Å²) >= 11 is 3.33. The molecule has 1 aromatic rings. The molecule has 1 fully saturated rings. The lowest BCUT2D eigenvalue weighted by molar-refractivity contribution is 0.0783. The third-order valence-corrected chi connectivity index (χ3v) is 3.57. The maximum Gasteiger partial charge on any atom is 0.255 e. The van der Waals surface area contributed by atoms with E-state index in [4.69, 9.17) is 10.8 Å². The van der Waals surface area contributed by atoms with Gasteiger partial charge in [0.2, 0.25) is 0 Å². The maximum absolute atomic E-state index is 12.2. The second kappa shape index (κ2) is 5.06. The number of nitrogens with zero attached hydrogens (tertiary/aromatic N) is 1. The summed E-state index contributed by atoms with van der Waals surface area (Å²) in [6.45, 7) is 1.44. The molecule has 0 spiro atoms. The molecule has 4 nitrogen and oxygen atoms in total. The Bertz CT molecular complexity index is 437. The molecule has 1 atom stereocenters. The van der Waals surface area contributed by atoms with Gasteiger partial charge in [-0.2, -0.15) is 0 Å². The van der Waals surface area contributed by atoms with Crippen molar-refractivity contribution in [3.63, 3.8) is 0 Å². The number of aliphatic hydroxyl groups is 1. The van der Waals surface area contributed by atoms with E-state index in [0.29, 0.717) is 24.3 Å². The van der Waals surface area contributed by atoms with Crippen molar-refractivity contribution in [2.75, 3.05) is 25.4 Å². The van der Waals surface area contributed by atoms with Crippen molar-refractivity contribution >= 4 is 27.5 Å². The first-order valence-corrected chi connectivity index (χ1v) is 6.36. The molecule has 0 aliphatic carbocycles. The number of carbonyl (C=O) groups excluding carboxylic acids is 1. The molecule has 0 bridgehead atoms. The molecule has 2 rings (SSSR count). The molecule has 17 heavy (non-hydrogen) atoms. The van der Waals surface area contributed by atoms with Crippen molar-refractivity contribution in [3.8, 4) is 0 Å². The zero-order chi connectivity index (χ0) is 12.4. The van der Waals surface area contributed by atoms with E-state index in [1.165, 1.54) is 0 Å². The predicted octanol–water partition coefficient (Wildman–Crippen LogP) is 1.49. The first-order valence-electron chi connectivity index (χ1n) is 5.57. The van der Waals surface area contributed by atoms with Crippen molar-refractivity contribution in [2.45, 2.75) is 6.42 Å². The van der Waals surface area contributed by atoms with Crippen LogP contribution < -0.4 is 5.73 Å². The summed E-state index contributed by atoms with van der Waals surface area (Å²) in [5, 5.41) is 9.06. The molecule has 1 aliphatic heterocycles. The third kappa shape index (κ3) is 2.61. The van der Waals surface area contributed by atoms with Gasteiger partial charge in [-0.3, -0.25) is 4.79 Å². The number of hydrogen-bond donors (Lipinski definition) is 2. The molecule has 1 heterocycles. The number of amides is 1. The largest absolute Gasteiger partial charge is 0.398 e. The SMILES string of the molecule is Nc1ccc(Br)cc1C(=O)N1CCC(CO)C1. The van der Waals surface area contributed by atoms with Crippen LogP contribution in [-0.4, -0.2) is 35.6 Å². The fourth-order valence-electron chi connectivity index (χ4n) is 2.05. The highest BCUT2D eigenvalue weighted by molar-refractivity contribution is 9.10. The van der Waals surface area contributed by atoms with Gasteiger partial charge >= 0.3 is 0 Å². The number of benzene rings is 1. The van der Waals surface area contributed by atoms with Crippen LogP contribution in [0.5, 0.6) is 0 Å². The topological polar surface area (TPSA) is 66.6 Å². The summed E-state index contributed by atoms with van der Waals surface area (Å²) in [5.41, 5.74) is 6.82. The van der Waals surface area contributed by atoms with Crippen molar-refractivity contribution < 1.29 is 9.90 Å². The molecule has 1 unspecified atom stereocenters. The summed E-state index contributed by atoms with van der Waals surface area (Å²) < 4.78 is 0.841. The first kappa shape index (κ1) is 12.4. The van der Waals surface area contributed by atoms with E-state index in [0.717, 1.165) is 10.9 Å². The second-order valence-electron chi connectivity index (χ2n) is 4.32. The highest BCUT2D eigenvalue weighted by Gasteiger charge is 2.27. The Balaban J connectivity index is 2.17. The quantitative estimate of drug-likeness (QED) is 0.813. The number of nitrogens with two attached hydrogens (primary N) is 1. The number of anilines is 1. The van der Waals surface area contributed by atoms with E-state index in [-0.39, 0.29) is 18.4 Å². The van der Waals surface area contributed by atoms with Gasteiger partial charge in [-0.15, -0.1) is 0 Å². The number of likely N-dealkylation sites (tertiary alicyclic amines) is 1. The molecule has 3 N–H and O–H groups in total. The highest BCUT2D eigenvalue weighted by atomic mass is 79.9. The smallest absolute Gasteiger partial charge is 0.255 e. The van der Waals surface area contributed by atoms with Crippen LogP contribution in [0.2, 0.25) is 0 Å². The molecule has 5 heteroatoms. The normalized spacial score (nSPS) is 19.6. The molecule has 1 amide bonds. The Morgan fingerprint density at radius 2 is 2.35 bits per heavy atom. The van der Waals surface area contributed by atoms with Crippen LogP contribution in [0.25, 0.3) is 0 Å². The average molecular weight is 299 g/mol. The molecular formula is C12H15BrN2O2. The summed E-state index contributed by atoms with van der Waals surface area (Å²) in [5.74, 6) is 0.145. The van der Waals surface area contributed by atoms with Gasteiger partial charge in [0.05, 0.1) is 5.56 Å². The van der Waals surface area contributed by atoms with Crippen LogP contribution in [-0.2, 0) is 0 Å². The van der Waals surface area contributed by atoms with E-state index in [1.807, 2.05) is 6.07 Å². The van der Waals surface area contributed by atoms with Crippen LogP contribution >= 0.6 is 15.9 Å². The van der Waals surface area contributed by atoms with Gasteiger partial charge in [-0.25, -0.2) is 0 Å². The summed E-state index contributed by atoms with van der Waals surface area (Å²) in [4.78, 5) is 14.0. The Hall–Kier alpha value is -1.07. The number of rotatable bonds is 2. The van der Waals surface area contributed by atoms with E-state index in [9.17, 15) is 4.79 Å². The van der Waals surface area contributed by atoms with Crippen LogP contribution in [0.15, 0.2) is 22.7 Å². The van der Waals surface area contributed by atoms with Gasteiger partial charge in [0, 0.05) is 35.8 Å². The Morgan fingerprint density at radius 3 is 3.00 bits per heavy atom. The Kier molecular flexibility index (Phi) is 3.69. The summed E-state index contributed by atoms with van der Waals surface area (Å²) in [7, 11) is 0. The van der Waals surface area contributed by atoms with Gasteiger partial charge in [0.15, 0.2) is 0 Å². The Morgan fingerprint density at radius 1 is 1.59 bits per heavy atom. The molecule has 92 valence electrons. The molecule has 0 saturated carbocycles. The average Bonchev–Trinajstić information content (AvgIpc) is 2.80. The molecular weight excluding hydrogens is 284 g/mol. The molecule has 1 saturated heterocycles. The third-order valence-electron chi connectivity index (χ3n) is 3.08. The maximum atomic E-state index is 12.2. The summed E-state index contributed by atoms with van der Waals surface area (Å²) in [6.07, 6.45) is 0.857. The van der Waals surface area contributed by atoms with Gasteiger partial charge in [0.25, 0.3) is 5.91 Å². The summed E-state index contributed by atoms with van der Waals surface area (Å²) in [6, 6.07) is 5.27. The van der Waals surface area contributed by atoms with Crippen molar-refractivity contribution in [2.24, 2.45) is 5.92 Å². The molecule has 1 aromatic carbocycles. The monoisotopic (exact) mass is 298 g/mol. The van der Waals surface area contributed by atoms with Crippen LogP contribution in [0.4, 0.5) is 5.69 Å².